The fraction of sp³-hybridized carbons (Fsp3) is 0.625. The Morgan fingerprint density at radius 3 is 0.875 bits per heavy atom. The van der Waals surface area contributed by atoms with Crippen LogP contribution >= 0.6 is 0 Å². The van der Waals surface area contributed by atoms with E-state index in [1.165, 1.54) is 0 Å². The van der Waals surface area contributed by atoms with Crippen LogP contribution in [0.15, 0.2) is 24.3 Å². The Balaban J connectivity index is 2.57. The summed E-state index contributed by atoms with van der Waals surface area (Å²) in [5.74, 6) is 3.38. The summed E-state index contributed by atoms with van der Waals surface area (Å²) in [6.45, 7) is 28.3. The number of hydrogen-bond donors (Lipinski definition) is 0. The van der Waals surface area contributed by atoms with Gasteiger partial charge in [-0.3, -0.25) is 0 Å². The highest BCUT2D eigenvalue weighted by Gasteiger charge is 2.22. The van der Waals surface area contributed by atoms with Gasteiger partial charge in [0.2, 0.25) is 0 Å². The van der Waals surface area contributed by atoms with Crippen molar-refractivity contribution in [3.05, 3.63) is 68.8 Å². The van der Waals surface area contributed by atoms with Crippen molar-refractivity contribution >= 4 is 0 Å². The molecule has 0 fully saturated rings. The summed E-state index contributed by atoms with van der Waals surface area (Å²) in [6, 6.07) is 9.73. The molecular formula is C32H50. The molecule has 0 bridgehead atoms. The topological polar surface area (TPSA) is 0 Å². The van der Waals surface area contributed by atoms with E-state index in [9.17, 15) is 0 Å². The predicted octanol–water partition coefficient (Wildman–Crippen LogP) is 10.2. The molecule has 2 aromatic rings. The molecule has 0 aliphatic heterocycles. The summed E-state index contributed by atoms with van der Waals surface area (Å²) >= 11 is 0. The lowest BCUT2D eigenvalue weighted by Crippen LogP contribution is -2.12. The second-order valence-electron chi connectivity index (χ2n) is 11.7. The van der Waals surface area contributed by atoms with E-state index in [1.54, 1.807) is 44.5 Å². The second kappa shape index (κ2) is 11.0. The van der Waals surface area contributed by atoms with Crippen molar-refractivity contribution in [3.8, 4) is 0 Å². The average molecular weight is 435 g/mol. The van der Waals surface area contributed by atoms with Crippen LogP contribution in [0.25, 0.3) is 0 Å². The Bertz CT molecular complexity index is 815. The van der Waals surface area contributed by atoms with Gasteiger partial charge in [0.25, 0.3) is 0 Å². The van der Waals surface area contributed by atoms with Crippen LogP contribution < -0.4 is 0 Å². The fourth-order valence-electron chi connectivity index (χ4n) is 5.76. The van der Waals surface area contributed by atoms with Gasteiger partial charge in [-0.2, -0.15) is 0 Å². The van der Waals surface area contributed by atoms with E-state index in [0.717, 1.165) is 12.8 Å². The lowest BCUT2D eigenvalue weighted by molar-refractivity contribution is 0.723. The SMILES string of the molecule is CC(C)c1ccc(CCc2ccc(C(C)C)c(C(C)C)c2C(C)C)c(C(C)C)c1C(C)C. The average Bonchev–Trinajstić information content (AvgIpc) is 2.69. The Morgan fingerprint density at radius 1 is 0.375 bits per heavy atom. The van der Waals surface area contributed by atoms with E-state index in [2.05, 4.69) is 107 Å². The molecule has 0 spiro atoms. The van der Waals surface area contributed by atoms with Gasteiger partial charge in [-0.1, -0.05) is 107 Å². The summed E-state index contributed by atoms with van der Waals surface area (Å²) in [5.41, 5.74) is 12.6. The monoisotopic (exact) mass is 434 g/mol. The number of aryl methyl sites for hydroxylation is 2. The molecule has 0 saturated heterocycles. The molecule has 178 valence electrons. The zero-order chi connectivity index (χ0) is 24.3. The van der Waals surface area contributed by atoms with Crippen LogP contribution in [0, 0.1) is 0 Å². The molecule has 0 amide bonds. The fourth-order valence-corrected chi connectivity index (χ4v) is 5.76. The number of benzene rings is 2. The third kappa shape index (κ3) is 5.67. The number of rotatable bonds is 9. The quantitative estimate of drug-likeness (QED) is 0.368. The molecule has 0 aliphatic rings. The smallest absolute Gasteiger partial charge is 0.0213 e. The van der Waals surface area contributed by atoms with Crippen molar-refractivity contribution in [2.24, 2.45) is 0 Å². The molecule has 0 nitrogen and oxygen atoms in total. The molecule has 0 aromatic heterocycles. The zero-order valence-electron chi connectivity index (χ0n) is 23.2. The van der Waals surface area contributed by atoms with Crippen LogP contribution in [0.4, 0.5) is 0 Å². The highest BCUT2D eigenvalue weighted by atomic mass is 14.3. The maximum Gasteiger partial charge on any atom is -0.0213 e. The molecule has 0 aliphatic carbocycles. The summed E-state index contributed by atoms with van der Waals surface area (Å²) in [5, 5.41) is 0. The second-order valence-corrected chi connectivity index (χ2v) is 11.7. The molecule has 0 heterocycles. The Hall–Kier alpha value is -1.56. The van der Waals surface area contributed by atoms with Gasteiger partial charge in [0.1, 0.15) is 0 Å². The minimum absolute atomic E-state index is 0.556. The molecule has 0 unspecified atom stereocenters. The molecule has 32 heavy (non-hydrogen) atoms. The van der Waals surface area contributed by atoms with Crippen molar-refractivity contribution in [3.63, 3.8) is 0 Å². The van der Waals surface area contributed by atoms with E-state index < -0.39 is 0 Å². The first-order valence-corrected chi connectivity index (χ1v) is 13.2. The molecule has 2 rings (SSSR count). The molecule has 0 saturated carbocycles. The Labute approximate surface area is 200 Å². The first kappa shape index (κ1) is 26.7. The van der Waals surface area contributed by atoms with Gasteiger partial charge in [-0.15, -0.1) is 0 Å². The summed E-state index contributed by atoms with van der Waals surface area (Å²) < 4.78 is 0. The van der Waals surface area contributed by atoms with Crippen LogP contribution in [0.2, 0.25) is 0 Å². The molecule has 2 aromatic carbocycles. The van der Waals surface area contributed by atoms with Crippen LogP contribution in [0.1, 0.15) is 163 Å². The molecule has 0 N–H and O–H groups in total. The van der Waals surface area contributed by atoms with Crippen LogP contribution in [-0.2, 0) is 12.8 Å². The first-order valence-electron chi connectivity index (χ1n) is 13.2. The minimum Gasteiger partial charge on any atom is -0.0587 e. The molecular weight excluding hydrogens is 384 g/mol. The largest absolute Gasteiger partial charge is 0.0587 e. The first-order chi connectivity index (χ1) is 14.9. The van der Waals surface area contributed by atoms with Gasteiger partial charge in [0.05, 0.1) is 0 Å². The van der Waals surface area contributed by atoms with Gasteiger partial charge in [-0.05, 0) is 92.9 Å². The lowest BCUT2D eigenvalue weighted by Gasteiger charge is -2.27. The van der Waals surface area contributed by atoms with Crippen molar-refractivity contribution in [1.29, 1.82) is 0 Å². The maximum atomic E-state index is 2.44. The van der Waals surface area contributed by atoms with Crippen molar-refractivity contribution < 1.29 is 0 Å². The Kier molecular flexibility index (Phi) is 9.21. The van der Waals surface area contributed by atoms with E-state index in [-0.39, 0.29) is 0 Å². The van der Waals surface area contributed by atoms with Crippen LogP contribution in [0.5, 0.6) is 0 Å². The van der Waals surface area contributed by atoms with Crippen molar-refractivity contribution in [2.45, 2.75) is 131 Å². The molecule has 0 atom stereocenters. The highest BCUT2D eigenvalue weighted by Crippen LogP contribution is 2.38. The van der Waals surface area contributed by atoms with E-state index >= 15 is 0 Å². The van der Waals surface area contributed by atoms with Crippen molar-refractivity contribution in [1.82, 2.24) is 0 Å². The van der Waals surface area contributed by atoms with Gasteiger partial charge in [0, 0.05) is 0 Å². The van der Waals surface area contributed by atoms with E-state index in [1.807, 2.05) is 0 Å². The molecule has 0 radical (unpaired) electrons. The van der Waals surface area contributed by atoms with Gasteiger partial charge in [0.15, 0.2) is 0 Å². The van der Waals surface area contributed by atoms with Crippen LogP contribution in [-0.4, -0.2) is 0 Å². The van der Waals surface area contributed by atoms with E-state index in [4.69, 9.17) is 0 Å². The summed E-state index contributed by atoms with van der Waals surface area (Å²) in [7, 11) is 0. The van der Waals surface area contributed by atoms with Gasteiger partial charge < -0.3 is 0 Å². The van der Waals surface area contributed by atoms with Crippen molar-refractivity contribution in [2.75, 3.05) is 0 Å². The van der Waals surface area contributed by atoms with Gasteiger partial charge in [-0.25, -0.2) is 0 Å². The zero-order valence-corrected chi connectivity index (χ0v) is 23.2. The van der Waals surface area contributed by atoms with Gasteiger partial charge >= 0.3 is 0 Å². The van der Waals surface area contributed by atoms with Crippen LogP contribution in [0.3, 0.4) is 0 Å². The predicted molar refractivity (Wildman–Crippen MR) is 145 cm³/mol. The third-order valence-electron chi connectivity index (χ3n) is 7.04. The summed E-state index contributed by atoms with van der Waals surface area (Å²) in [4.78, 5) is 0. The maximum absolute atomic E-state index is 2.44. The number of hydrogen-bond acceptors (Lipinski definition) is 0. The highest BCUT2D eigenvalue weighted by molar-refractivity contribution is 5.49. The summed E-state index contributed by atoms with van der Waals surface area (Å²) in [6.07, 6.45) is 2.26. The molecule has 0 heteroatoms. The minimum atomic E-state index is 0.556. The standard InChI is InChI=1S/C32H50/c1-19(2)27-17-15-25(29(21(5)6)31(27)23(9)10)13-14-26-16-18-28(20(3)4)32(24(11)12)30(26)22(7)8/h15-24H,13-14H2,1-12H3. The lowest BCUT2D eigenvalue weighted by atomic mass is 9.78. The van der Waals surface area contributed by atoms with E-state index in [0.29, 0.717) is 35.5 Å². The third-order valence-corrected chi connectivity index (χ3v) is 7.04. The normalized spacial score (nSPS) is 12.4. The Morgan fingerprint density at radius 2 is 0.656 bits per heavy atom.